The summed E-state index contributed by atoms with van der Waals surface area (Å²) in [6.07, 6.45) is 0.199. The smallest absolute Gasteiger partial charge is 0.334 e. The number of amides is 3. The molecule has 0 saturated carbocycles. The van der Waals surface area contributed by atoms with E-state index in [9.17, 15) is 19.5 Å². The number of hydrogen-bond acceptors (Lipinski definition) is 3. The van der Waals surface area contributed by atoms with Crippen LogP contribution in [-0.2, 0) is 10.3 Å². The Morgan fingerprint density at radius 1 is 1.15 bits per heavy atom. The van der Waals surface area contributed by atoms with Gasteiger partial charge in [-0.25, -0.2) is 9.59 Å². The maximum absolute atomic E-state index is 12.7. The number of benzene rings is 2. The van der Waals surface area contributed by atoms with Gasteiger partial charge < -0.3 is 15.7 Å². The Balaban J connectivity index is 1.84. The summed E-state index contributed by atoms with van der Waals surface area (Å²) in [4.78, 5) is 38.0. The molecule has 1 heterocycles. The molecule has 7 nitrogen and oxygen atoms in total. The molecule has 140 valence electrons. The van der Waals surface area contributed by atoms with Gasteiger partial charge in [0, 0.05) is 24.3 Å². The van der Waals surface area contributed by atoms with E-state index in [0.717, 1.165) is 0 Å². The summed E-state index contributed by atoms with van der Waals surface area (Å²) < 4.78 is 0. The molecule has 0 radical (unpaired) electrons. The summed E-state index contributed by atoms with van der Waals surface area (Å²) in [5, 5.41) is 15.2. The van der Waals surface area contributed by atoms with Gasteiger partial charge in [-0.3, -0.25) is 9.69 Å². The zero-order chi connectivity index (χ0) is 19.4. The fourth-order valence-electron chi connectivity index (χ4n) is 3.19. The van der Waals surface area contributed by atoms with Crippen LogP contribution in [0.5, 0.6) is 0 Å². The molecule has 2 aromatic rings. The van der Waals surface area contributed by atoms with E-state index in [1.807, 2.05) is 0 Å². The Labute approximate surface area is 157 Å². The molecule has 0 spiro atoms. The second kappa shape index (κ2) is 7.49. The van der Waals surface area contributed by atoms with Gasteiger partial charge in [0.1, 0.15) is 0 Å². The molecule has 3 rings (SSSR count). The predicted molar refractivity (Wildman–Crippen MR) is 101 cm³/mol. The first-order chi connectivity index (χ1) is 13.0. The second-order valence-electron chi connectivity index (χ2n) is 6.31. The summed E-state index contributed by atoms with van der Waals surface area (Å²) >= 11 is 0. The van der Waals surface area contributed by atoms with Crippen molar-refractivity contribution in [2.45, 2.75) is 18.9 Å². The summed E-state index contributed by atoms with van der Waals surface area (Å²) in [6.45, 7) is 2.86. The highest BCUT2D eigenvalue weighted by Gasteiger charge is 2.40. The van der Waals surface area contributed by atoms with Crippen molar-refractivity contribution < 1.29 is 19.5 Å². The van der Waals surface area contributed by atoms with Crippen molar-refractivity contribution in [1.82, 2.24) is 10.6 Å². The lowest BCUT2D eigenvalue weighted by Gasteiger charge is -2.30. The van der Waals surface area contributed by atoms with Crippen LogP contribution in [0.15, 0.2) is 54.6 Å². The minimum atomic E-state index is -1.51. The Bertz CT molecular complexity index is 851. The van der Waals surface area contributed by atoms with E-state index in [2.05, 4.69) is 10.6 Å². The molecule has 1 aliphatic heterocycles. The Morgan fingerprint density at radius 2 is 1.81 bits per heavy atom. The quantitative estimate of drug-likeness (QED) is 0.730. The van der Waals surface area contributed by atoms with Crippen LogP contribution in [0, 0.1) is 0 Å². The Hall–Kier alpha value is -3.35. The molecule has 1 aliphatic rings. The molecule has 1 fully saturated rings. The molecule has 3 amide bonds. The average Bonchev–Trinajstić information content (AvgIpc) is 3.12. The summed E-state index contributed by atoms with van der Waals surface area (Å²) in [7, 11) is 0. The number of carbonyl (C=O) groups excluding carboxylic acids is 2. The van der Waals surface area contributed by atoms with E-state index in [0.29, 0.717) is 29.9 Å². The third kappa shape index (κ3) is 3.48. The largest absolute Gasteiger partial charge is 0.479 e. The van der Waals surface area contributed by atoms with Gasteiger partial charge in [-0.05, 0) is 36.2 Å². The first-order valence-corrected chi connectivity index (χ1v) is 8.75. The molecule has 27 heavy (non-hydrogen) atoms. The van der Waals surface area contributed by atoms with Gasteiger partial charge in [-0.2, -0.15) is 0 Å². The van der Waals surface area contributed by atoms with Crippen LogP contribution < -0.4 is 15.5 Å². The van der Waals surface area contributed by atoms with Crippen molar-refractivity contribution in [3.05, 3.63) is 65.7 Å². The Morgan fingerprint density at radius 3 is 2.33 bits per heavy atom. The minimum Gasteiger partial charge on any atom is -0.479 e. The zero-order valence-electron chi connectivity index (χ0n) is 14.9. The van der Waals surface area contributed by atoms with Crippen molar-refractivity contribution >= 4 is 23.6 Å². The van der Waals surface area contributed by atoms with Crippen LogP contribution in [0.4, 0.5) is 10.5 Å². The van der Waals surface area contributed by atoms with E-state index in [1.54, 1.807) is 66.4 Å². The highest BCUT2D eigenvalue weighted by atomic mass is 16.4. The molecule has 1 saturated heterocycles. The fraction of sp³-hybridized carbons (Fsp3) is 0.250. The molecule has 2 aromatic carbocycles. The third-order valence-corrected chi connectivity index (χ3v) is 4.79. The summed E-state index contributed by atoms with van der Waals surface area (Å²) in [5.41, 5.74) is 0.0166. The number of aliphatic carboxylic acids is 1. The first kappa shape index (κ1) is 18.4. The van der Waals surface area contributed by atoms with E-state index < -0.39 is 17.4 Å². The SMILES string of the molecule is CCC(NC(=O)c1ccc(N2CCNC2=O)cc1)(C(=O)O)c1ccccc1. The first-order valence-electron chi connectivity index (χ1n) is 8.75. The topological polar surface area (TPSA) is 98.7 Å². The number of urea groups is 1. The minimum absolute atomic E-state index is 0.174. The van der Waals surface area contributed by atoms with E-state index >= 15 is 0 Å². The van der Waals surface area contributed by atoms with Crippen molar-refractivity contribution in [3.8, 4) is 0 Å². The number of nitrogens with one attached hydrogen (secondary N) is 2. The second-order valence-corrected chi connectivity index (χ2v) is 6.31. The number of hydrogen-bond donors (Lipinski definition) is 3. The predicted octanol–water partition coefficient (Wildman–Crippen LogP) is 2.34. The van der Waals surface area contributed by atoms with E-state index in [1.165, 1.54) is 0 Å². The number of carboxylic acid groups (broad SMARTS) is 1. The highest BCUT2D eigenvalue weighted by molar-refractivity contribution is 5.99. The number of rotatable bonds is 6. The summed E-state index contributed by atoms with van der Waals surface area (Å²) in [5.74, 6) is -1.60. The van der Waals surface area contributed by atoms with E-state index in [-0.39, 0.29) is 12.5 Å². The maximum Gasteiger partial charge on any atom is 0.334 e. The average molecular weight is 367 g/mol. The van der Waals surface area contributed by atoms with Gasteiger partial charge in [0.2, 0.25) is 0 Å². The van der Waals surface area contributed by atoms with Gasteiger partial charge >= 0.3 is 12.0 Å². The lowest BCUT2D eigenvalue weighted by Crippen LogP contribution is -2.51. The van der Waals surface area contributed by atoms with Crippen LogP contribution in [-0.4, -0.2) is 36.1 Å². The molecule has 7 heteroatoms. The molecule has 0 aromatic heterocycles. The number of nitrogens with zero attached hydrogens (tertiary/aromatic N) is 1. The standard InChI is InChI=1S/C20H21N3O4/c1-2-20(18(25)26,15-6-4-3-5-7-15)22-17(24)14-8-10-16(11-9-14)23-13-12-21-19(23)27/h3-11H,2,12-13H2,1H3,(H,21,27)(H,22,24)(H,25,26). The molecule has 0 aliphatic carbocycles. The van der Waals surface area contributed by atoms with Crippen LogP contribution in [0.3, 0.4) is 0 Å². The van der Waals surface area contributed by atoms with Gasteiger partial charge in [0.25, 0.3) is 5.91 Å². The third-order valence-electron chi connectivity index (χ3n) is 4.79. The van der Waals surface area contributed by atoms with Crippen molar-refractivity contribution in [1.29, 1.82) is 0 Å². The number of carbonyl (C=O) groups is 3. The fourth-order valence-corrected chi connectivity index (χ4v) is 3.19. The molecule has 0 bridgehead atoms. The van der Waals surface area contributed by atoms with Gasteiger partial charge in [-0.15, -0.1) is 0 Å². The van der Waals surface area contributed by atoms with Crippen LogP contribution in [0.25, 0.3) is 0 Å². The van der Waals surface area contributed by atoms with Gasteiger partial charge in [0.05, 0.1) is 0 Å². The van der Waals surface area contributed by atoms with Crippen LogP contribution in [0.2, 0.25) is 0 Å². The lowest BCUT2D eigenvalue weighted by molar-refractivity contribution is -0.145. The van der Waals surface area contributed by atoms with Crippen molar-refractivity contribution in [3.63, 3.8) is 0 Å². The monoisotopic (exact) mass is 367 g/mol. The molecular weight excluding hydrogens is 346 g/mol. The van der Waals surface area contributed by atoms with Crippen LogP contribution >= 0.6 is 0 Å². The molecule has 3 N–H and O–H groups in total. The van der Waals surface area contributed by atoms with Crippen molar-refractivity contribution in [2.24, 2.45) is 0 Å². The molecule has 1 unspecified atom stereocenters. The van der Waals surface area contributed by atoms with Gasteiger partial charge in [0.15, 0.2) is 5.54 Å². The van der Waals surface area contributed by atoms with Crippen LogP contribution in [0.1, 0.15) is 29.3 Å². The number of carboxylic acids is 1. The normalized spacial score (nSPS) is 15.7. The Kier molecular flexibility index (Phi) is 5.12. The van der Waals surface area contributed by atoms with E-state index in [4.69, 9.17) is 0 Å². The molecule has 1 atom stereocenters. The molecular formula is C20H21N3O4. The highest BCUT2D eigenvalue weighted by Crippen LogP contribution is 2.26. The van der Waals surface area contributed by atoms with Gasteiger partial charge in [-0.1, -0.05) is 37.3 Å². The number of anilines is 1. The summed E-state index contributed by atoms with van der Waals surface area (Å²) in [6, 6.07) is 15.0. The maximum atomic E-state index is 12.7. The lowest BCUT2D eigenvalue weighted by atomic mass is 9.87. The zero-order valence-corrected chi connectivity index (χ0v) is 14.9. The van der Waals surface area contributed by atoms with Crippen molar-refractivity contribution in [2.75, 3.05) is 18.0 Å².